The van der Waals surface area contributed by atoms with E-state index in [4.69, 9.17) is 0 Å². The molecule has 0 fully saturated rings. The molecule has 2 aromatic rings. The van der Waals surface area contributed by atoms with Crippen LogP contribution in [0.4, 0.5) is 4.39 Å². The number of hydrogen-bond donors (Lipinski definition) is 1. The van der Waals surface area contributed by atoms with Crippen LogP contribution in [0.15, 0.2) is 36.4 Å². The van der Waals surface area contributed by atoms with E-state index in [0.29, 0.717) is 22.3 Å². The average molecular weight is 274 g/mol. The lowest BCUT2D eigenvalue weighted by Crippen LogP contribution is -2.02. The minimum absolute atomic E-state index is 0.179. The minimum Gasteiger partial charge on any atom is -0.507 e. The molecule has 0 radical (unpaired) electrons. The molecule has 20 heavy (non-hydrogen) atoms. The van der Waals surface area contributed by atoms with Crippen LogP contribution in [0.5, 0.6) is 5.75 Å². The number of hydrogen-bond acceptors (Lipinski definition) is 2. The second-order valence-electron chi connectivity index (χ2n) is 4.29. The van der Waals surface area contributed by atoms with Gasteiger partial charge in [0, 0.05) is 11.1 Å². The number of aromatic hydroxyl groups is 1. The molecule has 1 N–H and O–H groups in total. The summed E-state index contributed by atoms with van der Waals surface area (Å²) in [5.41, 5.74) is 2.23. The molecule has 0 aliphatic carbocycles. The molecular formula is C17H19FO2. The smallest absolute Gasteiger partial charge is 0.193 e. The fourth-order valence-corrected chi connectivity index (χ4v) is 1.85. The zero-order chi connectivity index (χ0) is 15.3. The Morgan fingerprint density at radius 2 is 1.40 bits per heavy atom. The van der Waals surface area contributed by atoms with Crippen molar-refractivity contribution in [2.45, 2.75) is 27.7 Å². The number of phenolic OH excluding ortho intramolecular Hbond substituents is 1. The highest BCUT2D eigenvalue weighted by molar-refractivity contribution is 6.09. The Morgan fingerprint density at radius 1 is 0.950 bits per heavy atom. The summed E-state index contributed by atoms with van der Waals surface area (Å²) < 4.78 is 12.8. The summed E-state index contributed by atoms with van der Waals surface area (Å²) in [5, 5.41) is 9.66. The summed E-state index contributed by atoms with van der Waals surface area (Å²) in [4.78, 5) is 12.2. The first kappa shape index (κ1) is 15.9. The topological polar surface area (TPSA) is 37.3 Å². The molecule has 0 saturated heterocycles. The lowest BCUT2D eigenvalue weighted by atomic mass is 9.98. The molecule has 0 aromatic heterocycles. The van der Waals surface area contributed by atoms with Crippen molar-refractivity contribution >= 4 is 5.78 Å². The third kappa shape index (κ3) is 3.44. The maximum Gasteiger partial charge on any atom is 0.193 e. The van der Waals surface area contributed by atoms with Crippen LogP contribution in [-0.2, 0) is 0 Å². The number of halogens is 1. The van der Waals surface area contributed by atoms with E-state index in [1.807, 2.05) is 13.8 Å². The molecule has 0 spiro atoms. The van der Waals surface area contributed by atoms with Crippen LogP contribution in [0.3, 0.4) is 0 Å². The standard InChI is InChI=1S/C15H13FO2.C2H6/c1-9-7-12(8-10(2)14(9)17)15(18)11-3-5-13(16)6-4-11;1-2/h3-8,17H,1-2H3;1-2H3. The van der Waals surface area contributed by atoms with E-state index in [0.717, 1.165) is 0 Å². The predicted octanol–water partition coefficient (Wildman–Crippen LogP) is 4.41. The number of benzene rings is 2. The summed E-state index contributed by atoms with van der Waals surface area (Å²) in [6.07, 6.45) is 0. The fourth-order valence-electron chi connectivity index (χ4n) is 1.85. The number of ketones is 1. The molecule has 2 aromatic carbocycles. The van der Waals surface area contributed by atoms with E-state index < -0.39 is 0 Å². The number of carbonyl (C=O) groups excluding carboxylic acids is 1. The quantitative estimate of drug-likeness (QED) is 0.824. The maximum absolute atomic E-state index is 12.8. The Hall–Kier alpha value is -2.16. The second kappa shape index (κ2) is 6.85. The van der Waals surface area contributed by atoms with E-state index >= 15 is 0 Å². The van der Waals surface area contributed by atoms with Gasteiger partial charge in [-0.05, 0) is 61.4 Å². The highest BCUT2D eigenvalue weighted by Gasteiger charge is 2.12. The Bertz CT molecular complexity index is 578. The lowest BCUT2D eigenvalue weighted by Gasteiger charge is -2.07. The number of phenols is 1. The normalized spacial score (nSPS) is 9.65. The Balaban J connectivity index is 0.000000956. The Labute approximate surface area is 118 Å². The van der Waals surface area contributed by atoms with Gasteiger partial charge in [0.1, 0.15) is 11.6 Å². The monoisotopic (exact) mass is 274 g/mol. The van der Waals surface area contributed by atoms with Crippen LogP contribution < -0.4 is 0 Å². The molecular weight excluding hydrogens is 255 g/mol. The van der Waals surface area contributed by atoms with Gasteiger partial charge in [0.2, 0.25) is 0 Å². The van der Waals surface area contributed by atoms with Gasteiger partial charge >= 0.3 is 0 Å². The first-order valence-electron chi connectivity index (χ1n) is 6.59. The first-order valence-corrected chi connectivity index (χ1v) is 6.59. The zero-order valence-electron chi connectivity index (χ0n) is 12.2. The molecule has 106 valence electrons. The van der Waals surface area contributed by atoms with Gasteiger partial charge in [-0.25, -0.2) is 4.39 Å². The highest BCUT2D eigenvalue weighted by Crippen LogP contribution is 2.24. The molecule has 0 aliphatic rings. The van der Waals surface area contributed by atoms with Gasteiger partial charge in [0.25, 0.3) is 0 Å². The molecule has 0 atom stereocenters. The van der Waals surface area contributed by atoms with E-state index in [1.165, 1.54) is 24.3 Å². The summed E-state index contributed by atoms with van der Waals surface area (Å²) in [7, 11) is 0. The van der Waals surface area contributed by atoms with Gasteiger partial charge in [-0.3, -0.25) is 4.79 Å². The van der Waals surface area contributed by atoms with E-state index in [-0.39, 0.29) is 17.3 Å². The third-order valence-corrected chi connectivity index (χ3v) is 2.86. The molecule has 0 amide bonds. The largest absolute Gasteiger partial charge is 0.507 e. The van der Waals surface area contributed by atoms with Crippen molar-refractivity contribution in [3.63, 3.8) is 0 Å². The van der Waals surface area contributed by atoms with Crippen molar-refractivity contribution in [3.8, 4) is 5.75 Å². The lowest BCUT2D eigenvalue weighted by molar-refractivity contribution is 0.103. The van der Waals surface area contributed by atoms with Gasteiger partial charge in [-0.15, -0.1) is 0 Å². The van der Waals surface area contributed by atoms with Crippen LogP contribution in [0.2, 0.25) is 0 Å². The second-order valence-corrected chi connectivity index (χ2v) is 4.29. The van der Waals surface area contributed by atoms with Gasteiger partial charge < -0.3 is 5.11 Å². The fraction of sp³-hybridized carbons (Fsp3) is 0.235. The Morgan fingerprint density at radius 3 is 1.85 bits per heavy atom. The molecule has 2 rings (SSSR count). The molecule has 3 heteroatoms. The third-order valence-electron chi connectivity index (χ3n) is 2.86. The van der Waals surface area contributed by atoms with E-state index in [2.05, 4.69) is 0 Å². The van der Waals surface area contributed by atoms with E-state index in [1.54, 1.807) is 26.0 Å². The highest BCUT2D eigenvalue weighted by atomic mass is 19.1. The molecule has 0 heterocycles. The zero-order valence-corrected chi connectivity index (χ0v) is 12.2. The van der Waals surface area contributed by atoms with Gasteiger partial charge in [-0.2, -0.15) is 0 Å². The van der Waals surface area contributed by atoms with Crippen LogP contribution in [-0.4, -0.2) is 10.9 Å². The van der Waals surface area contributed by atoms with Crippen molar-refractivity contribution < 1.29 is 14.3 Å². The molecule has 2 nitrogen and oxygen atoms in total. The number of carbonyl (C=O) groups is 1. The molecule has 0 unspecified atom stereocenters. The van der Waals surface area contributed by atoms with Gasteiger partial charge in [0.15, 0.2) is 5.78 Å². The van der Waals surface area contributed by atoms with Crippen molar-refractivity contribution in [2.75, 3.05) is 0 Å². The van der Waals surface area contributed by atoms with Crippen molar-refractivity contribution in [3.05, 3.63) is 64.5 Å². The summed E-state index contributed by atoms with van der Waals surface area (Å²) in [5.74, 6) is -0.350. The summed E-state index contributed by atoms with van der Waals surface area (Å²) in [6.45, 7) is 7.48. The minimum atomic E-state index is -0.371. The predicted molar refractivity (Wildman–Crippen MR) is 78.8 cm³/mol. The SMILES string of the molecule is CC.Cc1cc(C(=O)c2ccc(F)cc2)cc(C)c1O. The van der Waals surface area contributed by atoms with Crippen LogP contribution >= 0.6 is 0 Å². The van der Waals surface area contributed by atoms with Crippen LogP contribution in [0.25, 0.3) is 0 Å². The van der Waals surface area contributed by atoms with Crippen molar-refractivity contribution in [1.29, 1.82) is 0 Å². The summed E-state index contributed by atoms with van der Waals surface area (Å²) >= 11 is 0. The van der Waals surface area contributed by atoms with Crippen LogP contribution in [0.1, 0.15) is 40.9 Å². The van der Waals surface area contributed by atoms with Crippen molar-refractivity contribution in [1.82, 2.24) is 0 Å². The summed E-state index contributed by atoms with van der Waals surface area (Å²) in [6, 6.07) is 8.69. The Kier molecular flexibility index (Phi) is 5.44. The maximum atomic E-state index is 12.8. The van der Waals surface area contributed by atoms with E-state index in [9.17, 15) is 14.3 Å². The molecule has 0 saturated carbocycles. The van der Waals surface area contributed by atoms with Crippen LogP contribution in [0, 0.1) is 19.7 Å². The van der Waals surface area contributed by atoms with Gasteiger partial charge in [0.05, 0.1) is 0 Å². The molecule has 0 aliphatic heterocycles. The first-order chi connectivity index (χ1) is 9.49. The van der Waals surface area contributed by atoms with Crippen molar-refractivity contribution in [2.24, 2.45) is 0 Å². The average Bonchev–Trinajstić information content (AvgIpc) is 2.46. The number of aryl methyl sites for hydroxylation is 2. The molecule has 0 bridgehead atoms. The van der Waals surface area contributed by atoms with Gasteiger partial charge in [-0.1, -0.05) is 13.8 Å². The number of rotatable bonds is 2.